The molecule has 0 radical (unpaired) electrons. The Bertz CT molecular complexity index is 4860. The van der Waals surface area contributed by atoms with Gasteiger partial charge in [-0.05, 0) is 148 Å². The van der Waals surface area contributed by atoms with Crippen molar-refractivity contribution in [1.82, 2.24) is 8.96 Å². The van der Waals surface area contributed by atoms with Crippen LogP contribution in [0, 0.1) is 0 Å². The fourth-order valence-electron chi connectivity index (χ4n) is 15.4. The van der Waals surface area contributed by atoms with Crippen LogP contribution in [0.2, 0.25) is 0 Å². The van der Waals surface area contributed by atoms with Crippen LogP contribution in [0.15, 0.2) is 303 Å². The third-order valence-electron chi connectivity index (χ3n) is 18.7. The third-order valence-corrected chi connectivity index (χ3v) is 18.7. The summed E-state index contributed by atoms with van der Waals surface area (Å²) in [5.74, 6) is 0. The Morgan fingerprint density at radius 2 is 0.581 bits per heavy atom. The lowest BCUT2D eigenvalue weighted by atomic mass is 9.41. The quantitative estimate of drug-likeness (QED) is 0.141. The number of hydrogen-bond donors (Lipinski definition) is 0. The summed E-state index contributed by atoms with van der Waals surface area (Å²) in [5, 5.41) is 5.04. The van der Waals surface area contributed by atoms with Crippen molar-refractivity contribution in [2.24, 2.45) is 0 Å². The van der Waals surface area contributed by atoms with E-state index in [2.05, 4.69) is 332 Å². The first-order chi connectivity index (χ1) is 42.7. The van der Waals surface area contributed by atoms with Gasteiger partial charge in [0.25, 0.3) is 0 Å². The molecule has 6 nitrogen and oxygen atoms in total. The van der Waals surface area contributed by atoms with Gasteiger partial charge in [0, 0.05) is 123 Å². The molecule has 0 fully saturated rings. The second kappa shape index (κ2) is 18.1. The van der Waals surface area contributed by atoms with Gasteiger partial charge in [-0.2, -0.15) is 0 Å². The Kier molecular flexibility index (Phi) is 9.98. The van der Waals surface area contributed by atoms with Gasteiger partial charge in [-0.3, -0.25) is 0 Å². The van der Waals surface area contributed by atoms with E-state index in [1.54, 1.807) is 0 Å². The molecule has 13 aromatic carbocycles. The molecule has 4 aliphatic heterocycles. The smallest absolute Gasteiger partial charge is 0.333 e. The van der Waals surface area contributed by atoms with Crippen molar-refractivity contribution in [3.05, 3.63) is 303 Å². The van der Waals surface area contributed by atoms with Crippen molar-refractivity contribution in [1.29, 1.82) is 0 Å². The predicted molar refractivity (Wildman–Crippen MR) is 363 cm³/mol. The Morgan fingerprint density at radius 1 is 0.244 bits per heavy atom. The molecule has 2 aromatic heterocycles. The van der Waals surface area contributed by atoms with E-state index in [-0.39, 0.29) is 13.7 Å². The van der Waals surface area contributed by atoms with Crippen molar-refractivity contribution >= 4 is 147 Å². The standard InChI is InChI=1S/C78H50B2N6/c1-7-25-51(26-8-1)81(52-27-9-2-10-28-52)57-45-65-63-41-23-39-61-59-37-19-21-43-69(59)85(77(61)63)79-67-49-68-72(50-71(67)83(73(47-57)75(65)79)55-33-15-5-16-34-55)84(56-35-17-6-18-36-56)74-48-58(82(53-29-11-3-12-30-53)54-31-13-4-14-32-54)46-66-64-42-24-40-62-60-38-20-22-44-70(60)86(78(62)64)80(68)76(66)74/h1-50H. The van der Waals surface area contributed by atoms with Gasteiger partial charge in [0.2, 0.25) is 0 Å². The number of nitrogens with zero attached hydrogens (tertiary/aromatic N) is 6. The Balaban J connectivity index is 0.969. The molecule has 0 amide bonds. The summed E-state index contributed by atoms with van der Waals surface area (Å²) in [6.07, 6.45) is 0. The van der Waals surface area contributed by atoms with E-state index >= 15 is 0 Å². The van der Waals surface area contributed by atoms with Gasteiger partial charge in [0.1, 0.15) is 0 Å². The molecule has 0 N–H and O–H groups in total. The van der Waals surface area contributed by atoms with Crippen molar-refractivity contribution in [3.8, 4) is 22.3 Å². The lowest BCUT2D eigenvalue weighted by Crippen LogP contribution is -2.61. The largest absolute Gasteiger partial charge is 0.375 e. The summed E-state index contributed by atoms with van der Waals surface area (Å²) in [6.45, 7) is -0.408. The van der Waals surface area contributed by atoms with E-state index in [0.29, 0.717) is 0 Å². The number of fused-ring (bicyclic) bond motifs is 14. The molecule has 0 saturated carbocycles. The lowest BCUT2D eigenvalue weighted by Gasteiger charge is -2.45. The topological polar surface area (TPSA) is 22.8 Å². The summed E-state index contributed by atoms with van der Waals surface area (Å²) in [5.41, 5.74) is 28.3. The van der Waals surface area contributed by atoms with Gasteiger partial charge >= 0.3 is 13.7 Å². The summed E-state index contributed by atoms with van der Waals surface area (Å²) in [7, 11) is 0. The van der Waals surface area contributed by atoms with E-state index in [4.69, 9.17) is 0 Å². The van der Waals surface area contributed by atoms with E-state index in [0.717, 1.165) is 68.2 Å². The zero-order valence-corrected chi connectivity index (χ0v) is 46.7. The van der Waals surface area contributed by atoms with Gasteiger partial charge < -0.3 is 28.6 Å². The minimum atomic E-state index is -0.204. The van der Waals surface area contributed by atoms with Crippen LogP contribution in [0.25, 0.3) is 65.9 Å². The lowest BCUT2D eigenvalue weighted by molar-refractivity contribution is 1.21. The minimum Gasteiger partial charge on any atom is -0.375 e. The van der Waals surface area contributed by atoms with Crippen LogP contribution in [-0.4, -0.2) is 22.7 Å². The van der Waals surface area contributed by atoms with Gasteiger partial charge in [-0.1, -0.05) is 188 Å². The van der Waals surface area contributed by atoms with Crippen LogP contribution in [-0.2, 0) is 0 Å². The van der Waals surface area contributed by atoms with Crippen molar-refractivity contribution < 1.29 is 0 Å². The molecule has 0 bridgehead atoms. The number of rotatable bonds is 8. The van der Waals surface area contributed by atoms with Gasteiger partial charge in [0.05, 0.1) is 0 Å². The molecule has 0 aliphatic carbocycles. The molecule has 19 rings (SSSR count). The Labute approximate surface area is 498 Å². The number of benzene rings is 13. The maximum Gasteiger partial charge on any atom is 0.333 e. The average Bonchev–Trinajstić information content (AvgIpc) is 1.31. The van der Waals surface area contributed by atoms with Crippen LogP contribution < -0.4 is 41.5 Å². The fraction of sp³-hybridized carbons (Fsp3) is 0. The third kappa shape index (κ3) is 6.58. The molecule has 4 aliphatic rings. The minimum absolute atomic E-state index is 0.204. The average molecular weight is 1090 g/mol. The SMILES string of the molecule is c1ccc(N(c2ccccc2)c2cc3c4c(c2)N(c2ccccc2)c2cc5c(cc2B4n2c4ccccc4c4cccc-3c42)B2c3c(cc(N(c4ccccc4)c4ccccc4)cc3N5c3ccccc3)-c3cccc4c5ccccc5n2c34)cc1. The number of anilines is 12. The van der Waals surface area contributed by atoms with Crippen LogP contribution in [0.1, 0.15) is 0 Å². The summed E-state index contributed by atoms with van der Waals surface area (Å²) in [4.78, 5) is 10.0. The van der Waals surface area contributed by atoms with E-state index in [9.17, 15) is 0 Å². The number of hydrogen-bond acceptors (Lipinski definition) is 4. The molecule has 0 atom stereocenters. The Morgan fingerprint density at radius 3 is 0.965 bits per heavy atom. The highest BCUT2D eigenvalue weighted by Crippen LogP contribution is 2.53. The molecule has 398 valence electrons. The molecule has 0 unspecified atom stereocenters. The van der Waals surface area contributed by atoms with Gasteiger partial charge in [-0.15, -0.1) is 0 Å². The number of para-hydroxylation sites is 10. The highest BCUT2D eigenvalue weighted by Gasteiger charge is 2.48. The number of aromatic nitrogens is 2. The van der Waals surface area contributed by atoms with E-state index in [1.807, 2.05) is 0 Å². The second-order valence-electron chi connectivity index (χ2n) is 23.2. The maximum absolute atomic E-state index is 2.70. The molecular weight excluding hydrogens is 1040 g/mol. The highest BCUT2D eigenvalue weighted by molar-refractivity contribution is 6.93. The summed E-state index contributed by atoms with van der Waals surface area (Å²) >= 11 is 0. The fourth-order valence-corrected chi connectivity index (χ4v) is 15.4. The molecular formula is C78H50B2N6. The zero-order valence-electron chi connectivity index (χ0n) is 46.7. The highest BCUT2D eigenvalue weighted by atomic mass is 15.2. The molecule has 0 spiro atoms. The predicted octanol–water partition coefficient (Wildman–Crippen LogP) is 17.7. The first-order valence-electron chi connectivity index (χ1n) is 29.8. The second-order valence-corrected chi connectivity index (χ2v) is 23.2. The van der Waals surface area contributed by atoms with Crippen LogP contribution in [0.3, 0.4) is 0 Å². The zero-order chi connectivity index (χ0) is 56.1. The molecule has 0 saturated heterocycles. The van der Waals surface area contributed by atoms with Gasteiger partial charge in [-0.25, -0.2) is 0 Å². The molecule has 86 heavy (non-hydrogen) atoms. The Hall–Kier alpha value is -11.2. The van der Waals surface area contributed by atoms with Crippen molar-refractivity contribution in [2.75, 3.05) is 19.6 Å². The van der Waals surface area contributed by atoms with E-state index < -0.39 is 0 Å². The van der Waals surface area contributed by atoms with E-state index in [1.165, 1.54) is 87.7 Å². The first kappa shape index (κ1) is 47.3. The summed E-state index contributed by atoms with van der Waals surface area (Å²) < 4.78 is 5.41. The first-order valence-corrected chi connectivity index (χ1v) is 29.8. The van der Waals surface area contributed by atoms with Crippen LogP contribution in [0.5, 0.6) is 0 Å². The van der Waals surface area contributed by atoms with Crippen molar-refractivity contribution in [3.63, 3.8) is 0 Å². The van der Waals surface area contributed by atoms with Crippen LogP contribution in [0.4, 0.5) is 68.2 Å². The maximum atomic E-state index is 2.70. The normalized spacial score (nSPS) is 13.0. The van der Waals surface area contributed by atoms with Gasteiger partial charge in [0.15, 0.2) is 0 Å². The molecule has 8 heteroatoms. The van der Waals surface area contributed by atoms with Crippen LogP contribution >= 0.6 is 0 Å². The summed E-state index contributed by atoms with van der Waals surface area (Å²) in [6, 6.07) is 113. The van der Waals surface area contributed by atoms with Crippen molar-refractivity contribution in [2.45, 2.75) is 0 Å². The molecule has 6 heterocycles. The monoisotopic (exact) mass is 1090 g/mol. The molecule has 15 aromatic rings.